The van der Waals surface area contributed by atoms with Crippen molar-refractivity contribution in [3.8, 4) is 0 Å². The van der Waals surface area contributed by atoms with Gasteiger partial charge in [-0.2, -0.15) is 0 Å². The van der Waals surface area contributed by atoms with E-state index in [0.29, 0.717) is 0 Å². The first kappa shape index (κ1) is 50.8. The van der Waals surface area contributed by atoms with Gasteiger partial charge in [0.05, 0.1) is 0 Å². The van der Waals surface area contributed by atoms with Crippen LogP contribution in [-0.2, 0) is 0 Å². The van der Waals surface area contributed by atoms with Gasteiger partial charge in [0.2, 0.25) is 0 Å². The fourth-order valence-electron chi connectivity index (χ4n) is 4.58. The van der Waals surface area contributed by atoms with E-state index >= 15 is 0 Å². The summed E-state index contributed by atoms with van der Waals surface area (Å²) in [6.45, 7) is 38.5. The van der Waals surface area contributed by atoms with Gasteiger partial charge in [-0.15, -0.1) is 0 Å². The van der Waals surface area contributed by atoms with Crippen LogP contribution in [0.5, 0.6) is 0 Å². The third kappa shape index (κ3) is 34.0. The molecule has 2 fully saturated rings. The first-order chi connectivity index (χ1) is 16.9. The molecule has 0 radical (unpaired) electrons. The zero-order chi connectivity index (χ0) is 29.1. The lowest BCUT2D eigenvalue weighted by Gasteiger charge is -2.36. The minimum absolute atomic E-state index is 0. The van der Waals surface area contributed by atoms with E-state index in [2.05, 4.69) is 116 Å². The molecular weight excluding hydrogens is 458 g/mol. The van der Waals surface area contributed by atoms with Crippen LogP contribution in [-0.4, -0.2) is 24.0 Å². The molecule has 0 atom stereocenters. The molecule has 0 aromatic heterocycles. The van der Waals surface area contributed by atoms with E-state index in [1.165, 1.54) is 77.3 Å². The predicted octanol–water partition coefficient (Wildman–Crippen LogP) is 13.8. The Bertz CT molecular complexity index is 283. The van der Waals surface area contributed by atoms with E-state index in [1.807, 2.05) is 0 Å². The number of likely N-dealkylation sites (tertiary alicyclic amines) is 1. The van der Waals surface area contributed by atoms with Gasteiger partial charge in [0.1, 0.15) is 0 Å². The molecule has 0 aromatic rings. The molecule has 2 aliphatic rings. The lowest BCUT2D eigenvalue weighted by molar-refractivity contribution is 0.129. The molecular formula is C37H87N. The largest absolute Gasteiger partial charge is 0.301 e. The molecule has 1 aliphatic carbocycles. The van der Waals surface area contributed by atoms with Crippen molar-refractivity contribution < 1.29 is 0 Å². The summed E-state index contributed by atoms with van der Waals surface area (Å²) in [5, 5.41) is 0. The molecule has 2 rings (SSSR count). The maximum atomic E-state index is 2.60. The molecule has 0 bridgehead atoms. The molecule has 1 heterocycles. The number of hydrogen-bond donors (Lipinski definition) is 0. The van der Waals surface area contributed by atoms with E-state index in [9.17, 15) is 0 Å². The molecule has 1 aliphatic heterocycles. The highest BCUT2D eigenvalue weighted by atomic mass is 15.1. The van der Waals surface area contributed by atoms with Crippen molar-refractivity contribution in [2.24, 2.45) is 35.5 Å². The molecule has 0 N–H and O–H groups in total. The number of rotatable bonds is 4. The van der Waals surface area contributed by atoms with Gasteiger partial charge in [0, 0.05) is 6.04 Å². The second-order valence-corrected chi connectivity index (χ2v) is 12.7. The van der Waals surface area contributed by atoms with Crippen LogP contribution in [0.3, 0.4) is 0 Å². The van der Waals surface area contributed by atoms with Crippen LogP contribution in [0.1, 0.15) is 190 Å². The van der Waals surface area contributed by atoms with Crippen molar-refractivity contribution in [1.82, 2.24) is 4.90 Å². The summed E-state index contributed by atoms with van der Waals surface area (Å²) in [5.41, 5.74) is 0. The average molecular weight is 546 g/mol. The second kappa shape index (κ2) is 37.0. The van der Waals surface area contributed by atoms with Crippen LogP contribution in [0.4, 0.5) is 0 Å². The van der Waals surface area contributed by atoms with Crippen LogP contribution in [0.15, 0.2) is 0 Å². The summed E-state index contributed by atoms with van der Waals surface area (Å²) in [7, 11) is 0. The highest BCUT2D eigenvalue weighted by molar-refractivity contribution is 4.76. The topological polar surface area (TPSA) is 3.24 Å². The summed E-state index contributed by atoms with van der Waals surface area (Å²) < 4.78 is 0. The van der Waals surface area contributed by atoms with Gasteiger partial charge in [-0.3, -0.25) is 0 Å². The van der Waals surface area contributed by atoms with Crippen LogP contribution in [0.2, 0.25) is 0 Å². The number of piperidine rings is 1. The second-order valence-electron chi connectivity index (χ2n) is 12.7. The van der Waals surface area contributed by atoms with Crippen LogP contribution < -0.4 is 0 Å². The highest BCUT2D eigenvalue weighted by Crippen LogP contribution is 2.36. The van der Waals surface area contributed by atoms with E-state index < -0.39 is 0 Å². The predicted molar refractivity (Wildman–Crippen MR) is 187 cm³/mol. The Balaban J connectivity index is -0.0000000921. The molecule has 1 saturated heterocycles. The van der Waals surface area contributed by atoms with Gasteiger partial charge in [0.25, 0.3) is 0 Å². The van der Waals surface area contributed by atoms with Crippen molar-refractivity contribution in [1.29, 1.82) is 0 Å². The van der Waals surface area contributed by atoms with Gasteiger partial charge in [-0.05, 0) is 101 Å². The quantitative estimate of drug-likeness (QED) is 0.339. The van der Waals surface area contributed by atoms with E-state index in [4.69, 9.17) is 0 Å². The Morgan fingerprint density at radius 1 is 0.421 bits per heavy atom. The van der Waals surface area contributed by atoms with Crippen molar-refractivity contribution in [3.05, 3.63) is 0 Å². The number of nitrogens with zero attached hydrogens (tertiary/aromatic N) is 1. The maximum absolute atomic E-state index is 2.60. The van der Waals surface area contributed by atoms with Gasteiger partial charge < -0.3 is 4.90 Å². The van der Waals surface area contributed by atoms with Crippen molar-refractivity contribution in [3.63, 3.8) is 0 Å². The summed E-state index contributed by atoms with van der Waals surface area (Å²) in [6, 6.07) is 0.748. The smallest absolute Gasteiger partial charge is 0.00385 e. The lowest BCUT2D eigenvalue weighted by Crippen LogP contribution is -2.39. The normalized spacial score (nSPS) is 18.9. The Morgan fingerprint density at radius 2 is 0.605 bits per heavy atom. The monoisotopic (exact) mass is 546 g/mol. The summed E-state index contributed by atoms with van der Waals surface area (Å²) >= 11 is 0. The van der Waals surface area contributed by atoms with Crippen LogP contribution in [0, 0.1) is 35.5 Å². The average Bonchev–Trinajstić information content (AvgIpc) is 2.81. The lowest BCUT2D eigenvalue weighted by atomic mass is 9.73. The Kier molecular flexibility index (Phi) is 49.4. The van der Waals surface area contributed by atoms with E-state index in [1.54, 1.807) is 0 Å². The van der Waals surface area contributed by atoms with Gasteiger partial charge in [0.15, 0.2) is 0 Å². The van der Waals surface area contributed by atoms with E-state index in [0.717, 1.165) is 41.5 Å². The molecule has 38 heavy (non-hydrogen) atoms. The first-order valence-electron chi connectivity index (χ1n) is 16.6. The fourth-order valence-corrected chi connectivity index (χ4v) is 4.58. The van der Waals surface area contributed by atoms with Gasteiger partial charge in [-0.1, -0.05) is 137 Å². The maximum Gasteiger partial charge on any atom is 0.00385 e. The SMILES string of the molecule is C.C.CC(C)C1CCC(C(C)C)CC1.CC(C)C1CCN(C(C)C)CC1.CCC.CCC.CCC.CCC. The summed E-state index contributed by atoms with van der Waals surface area (Å²) in [5.74, 6) is 5.76. The van der Waals surface area contributed by atoms with Crippen molar-refractivity contribution in [2.45, 2.75) is 196 Å². The molecule has 1 saturated carbocycles. The van der Waals surface area contributed by atoms with Crippen LogP contribution >= 0.6 is 0 Å². The van der Waals surface area contributed by atoms with Crippen LogP contribution in [0.25, 0.3) is 0 Å². The van der Waals surface area contributed by atoms with Gasteiger partial charge in [-0.25, -0.2) is 0 Å². The highest BCUT2D eigenvalue weighted by Gasteiger charge is 2.24. The molecule has 1 heteroatoms. The van der Waals surface area contributed by atoms with Gasteiger partial charge >= 0.3 is 0 Å². The third-order valence-corrected chi connectivity index (χ3v) is 6.95. The summed E-state index contributed by atoms with van der Waals surface area (Å²) in [4.78, 5) is 2.60. The fraction of sp³-hybridized carbons (Fsp3) is 1.00. The molecule has 0 aromatic carbocycles. The Morgan fingerprint density at radius 3 is 0.763 bits per heavy atom. The van der Waals surface area contributed by atoms with Crippen molar-refractivity contribution in [2.75, 3.05) is 13.1 Å². The van der Waals surface area contributed by atoms with E-state index in [-0.39, 0.29) is 14.9 Å². The number of hydrogen-bond acceptors (Lipinski definition) is 1. The zero-order valence-electron chi connectivity index (χ0n) is 29.0. The molecule has 240 valence electrons. The third-order valence-electron chi connectivity index (χ3n) is 6.95. The first-order valence-corrected chi connectivity index (χ1v) is 16.6. The minimum Gasteiger partial charge on any atom is -0.301 e. The zero-order valence-corrected chi connectivity index (χ0v) is 29.0. The minimum atomic E-state index is 0. The Labute approximate surface area is 249 Å². The summed E-state index contributed by atoms with van der Waals surface area (Å²) in [6.07, 6.45) is 13.8. The molecule has 0 spiro atoms. The standard InChI is InChI=1S/C12H24.C11H23N.4C3H8.2CH4/c2*1-9(2)11-5-7-12(8-6-11)10(3)4;4*1-3-2;;/h9-12H,5-8H2,1-4H3;9-11H,5-8H2,1-4H3;4*3H2,1-2H3;2*1H4. The van der Waals surface area contributed by atoms with Crippen molar-refractivity contribution >= 4 is 0 Å². The molecule has 0 amide bonds. The Hall–Kier alpha value is -0.0400. The molecule has 0 unspecified atom stereocenters. The molecule has 1 nitrogen and oxygen atoms in total.